The molecule has 0 spiro atoms. The van der Waals surface area contributed by atoms with Crippen molar-refractivity contribution in [1.82, 2.24) is 0 Å². The highest BCUT2D eigenvalue weighted by atomic mass is 19.1. The molecule has 0 aromatic heterocycles. The third-order valence-corrected chi connectivity index (χ3v) is 31.4. The highest BCUT2D eigenvalue weighted by Crippen LogP contribution is 2.56. The Morgan fingerprint density at radius 3 is 0.685 bits per heavy atom. The second-order valence-electron chi connectivity index (χ2n) is 41.0. The minimum atomic E-state index is -0.228. The van der Waals surface area contributed by atoms with Crippen LogP contribution in [0, 0.1) is 17.1 Å². The zero-order valence-electron chi connectivity index (χ0n) is 84.1. The first-order chi connectivity index (χ1) is 72.9. The molecule has 0 saturated carbocycles. The molecule has 3 aliphatic carbocycles. The maximum absolute atomic E-state index is 13.7. The molecule has 0 atom stereocenters. The summed E-state index contributed by atoms with van der Waals surface area (Å²) in [7, 11) is 1.70. The van der Waals surface area contributed by atoms with Gasteiger partial charge in [0.1, 0.15) is 11.6 Å². The molecule has 6 heteroatoms. The van der Waals surface area contributed by atoms with Crippen molar-refractivity contribution in [3.05, 3.63) is 554 Å². The van der Waals surface area contributed by atoms with Gasteiger partial charge >= 0.3 is 0 Å². The van der Waals surface area contributed by atoms with E-state index in [2.05, 4.69) is 511 Å². The SMILES string of the molecule is CC1(C)c2ccccc2-c2ccc(N(c3ccc(-c4ccc(C#N)cc4)cc3)c3ccc(-c4cc5ccccc5c5ccccc45)cc3)cc21.CC1(C)c2ccccc2-c2ccc(N(c3ccc(-c4ccc(F)cc4)cc3)c3ccc(-c4cc5ccccc5c5ccccc45)cc3)cc21.COc1ccc(-c2ccc(N(c3ccc(-c4cc5ccccc5c5ccccc45)cc3)c3ccc4c(c3)C(C)(C)c3ccccc3-4)cc2)cc1. The Morgan fingerprint density at radius 2 is 0.409 bits per heavy atom. The number of hydrogen-bond donors (Lipinski definition) is 0. The molecule has 0 saturated heterocycles. The number of anilines is 9. The van der Waals surface area contributed by atoms with E-state index in [0.717, 1.165) is 84.8 Å². The number of nitrogens with zero attached hydrogens (tertiary/aromatic N) is 4. The van der Waals surface area contributed by atoms with Crippen molar-refractivity contribution >= 4 is 116 Å². The molecule has 0 aliphatic heterocycles. The van der Waals surface area contributed by atoms with E-state index < -0.39 is 0 Å². The number of benzene rings is 24. The molecule has 149 heavy (non-hydrogen) atoms. The van der Waals surface area contributed by atoms with Crippen molar-refractivity contribution in [2.75, 3.05) is 21.8 Å². The van der Waals surface area contributed by atoms with Crippen molar-refractivity contribution in [2.24, 2.45) is 0 Å². The van der Waals surface area contributed by atoms with Crippen LogP contribution in [0.5, 0.6) is 5.75 Å². The van der Waals surface area contributed by atoms with Gasteiger partial charge in [-0.05, 0) is 362 Å². The number of fused-ring (bicyclic) bond motifs is 18. The first-order valence-corrected chi connectivity index (χ1v) is 51.3. The van der Waals surface area contributed by atoms with E-state index in [0.29, 0.717) is 5.56 Å². The summed E-state index contributed by atoms with van der Waals surface area (Å²) >= 11 is 0. The Labute approximate surface area is 869 Å². The molecule has 5 nitrogen and oxygen atoms in total. The lowest BCUT2D eigenvalue weighted by atomic mass is 9.82. The van der Waals surface area contributed by atoms with E-state index >= 15 is 0 Å². The van der Waals surface area contributed by atoms with Crippen LogP contribution in [0.1, 0.15) is 80.5 Å². The summed E-state index contributed by atoms with van der Waals surface area (Å²) in [5, 5.41) is 24.5. The van der Waals surface area contributed by atoms with Crippen LogP contribution in [0.4, 0.5) is 55.6 Å². The van der Waals surface area contributed by atoms with Crippen molar-refractivity contribution in [2.45, 2.75) is 57.8 Å². The van der Waals surface area contributed by atoms with Gasteiger partial charge in [-0.25, -0.2) is 4.39 Å². The van der Waals surface area contributed by atoms with E-state index in [9.17, 15) is 9.65 Å². The fourth-order valence-electron chi connectivity index (χ4n) is 23.7. The molecule has 0 amide bonds. The van der Waals surface area contributed by atoms with Gasteiger partial charge in [0.05, 0.1) is 18.7 Å². The Balaban J connectivity index is 0.000000116. The zero-order chi connectivity index (χ0) is 101. The van der Waals surface area contributed by atoms with E-state index in [-0.39, 0.29) is 22.1 Å². The van der Waals surface area contributed by atoms with E-state index in [1.54, 1.807) is 7.11 Å². The normalized spacial score (nSPS) is 12.9. The van der Waals surface area contributed by atoms with Gasteiger partial charge in [0.15, 0.2) is 0 Å². The minimum absolute atomic E-state index is 0.0904. The van der Waals surface area contributed by atoms with Crippen LogP contribution in [-0.2, 0) is 16.2 Å². The van der Waals surface area contributed by atoms with E-state index in [4.69, 9.17) is 4.74 Å². The number of nitriles is 1. The van der Waals surface area contributed by atoms with Crippen LogP contribution in [-0.4, -0.2) is 7.11 Å². The molecular formula is C143H105FN4O. The summed E-state index contributed by atoms with van der Waals surface area (Å²) in [5.74, 6) is 0.631. The number of methoxy groups -OCH3 is 1. The van der Waals surface area contributed by atoms with Gasteiger partial charge in [-0.2, -0.15) is 5.26 Å². The zero-order valence-corrected chi connectivity index (χ0v) is 84.1. The monoisotopic (exact) mass is 1910 g/mol. The predicted molar refractivity (Wildman–Crippen MR) is 625 cm³/mol. The third kappa shape index (κ3) is 16.5. The number of halogens is 1. The van der Waals surface area contributed by atoms with Crippen molar-refractivity contribution in [1.29, 1.82) is 5.26 Å². The van der Waals surface area contributed by atoms with Crippen LogP contribution in [0.15, 0.2) is 510 Å². The van der Waals surface area contributed by atoms with E-state index in [1.165, 1.54) is 182 Å². The second-order valence-corrected chi connectivity index (χ2v) is 41.0. The summed E-state index contributed by atoms with van der Waals surface area (Å²) in [6.45, 7) is 14.0. The average Bonchev–Trinajstić information content (AvgIpc) is 1.59. The predicted octanol–water partition coefficient (Wildman–Crippen LogP) is 39.3. The van der Waals surface area contributed by atoms with Gasteiger partial charge < -0.3 is 19.4 Å². The van der Waals surface area contributed by atoms with Crippen LogP contribution >= 0.6 is 0 Å². The molecule has 0 unspecified atom stereocenters. The number of rotatable bonds is 16. The summed E-state index contributed by atoms with van der Waals surface area (Å²) in [4.78, 5) is 7.10. The van der Waals surface area contributed by atoms with Crippen LogP contribution < -0.4 is 19.4 Å². The Kier molecular flexibility index (Phi) is 23.1. The summed E-state index contributed by atoms with van der Waals surface area (Å²) in [6.07, 6.45) is 0. The lowest BCUT2D eigenvalue weighted by Gasteiger charge is -2.28. The maximum atomic E-state index is 13.7. The fraction of sp³-hybridized carbons (Fsp3) is 0.0699. The Hall–Kier alpha value is -18.5. The minimum Gasteiger partial charge on any atom is -0.497 e. The Morgan fingerprint density at radius 1 is 0.195 bits per heavy atom. The maximum Gasteiger partial charge on any atom is 0.123 e. The average molecular weight is 1910 g/mol. The highest BCUT2D eigenvalue weighted by Gasteiger charge is 2.40. The van der Waals surface area contributed by atoms with Crippen molar-refractivity contribution in [3.8, 4) is 112 Å². The third-order valence-electron chi connectivity index (χ3n) is 31.4. The lowest BCUT2D eigenvalue weighted by Crippen LogP contribution is -2.16. The molecule has 0 heterocycles. The van der Waals surface area contributed by atoms with E-state index in [1.807, 2.05) is 48.5 Å². The standard InChI is InChI=1S/C48H34N2.C48H37NO.C47H34FN/c1-48(2)46-14-8-7-13-43(46)44-28-27-39(30-47(44)48)50(37-23-19-34(20-24-37)33-17-15-32(31-49)16-18-33)38-25-21-35(22-26-38)45-29-36-9-3-4-10-40(36)41-11-5-6-12-42(41)45;1-48(2)46-15-9-8-14-43(46)44-29-26-38(31-47(44)48)49(36-22-16-32(17-23-36)33-20-27-39(50-3)28-21-33)37-24-18-34(19-25-37)45-30-35-10-4-5-11-40(35)41-12-6-7-13-42(41)45;1-47(2)45-14-8-7-13-42(45)43-28-27-38(30-46(43)47)49(36-23-17-32(18-24-36)31-15-21-35(48)22-16-31)37-25-19-33(20-26-37)44-29-34-9-3-4-10-39(34)40-11-5-6-12-41(40)44/h3-30H,1-2H3;4-31H,1-3H3;3-30H,1-2H3. The fourth-order valence-corrected chi connectivity index (χ4v) is 23.7. The number of hydrogen-bond acceptors (Lipinski definition) is 5. The van der Waals surface area contributed by atoms with Gasteiger partial charge in [-0.15, -0.1) is 0 Å². The van der Waals surface area contributed by atoms with Gasteiger partial charge in [0.2, 0.25) is 0 Å². The van der Waals surface area contributed by atoms with Crippen LogP contribution in [0.25, 0.3) is 165 Å². The van der Waals surface area contributed by atoms with Crippen molar-refractivity contribution in [3.63, 3.8) is 0 Å². The Bertz CT molecular complexity index is 9370. The molecule has 0 N–H and O–H groups in total. The molecule has 710 valence electrons. The van der Waals surface area contributed by atoms with Crippen molar-refractivity contribution < 1.29 is 9.13 Å². The molecule has 0 fully saturated rings. The molecule has 0 radical (unpaired) electrons. The first-order valence-electron chi connectivity index (χ1n) is 51.3. The van der Waals surface area contributed by atoms with Gasteiger partial charge in [0.25, 0.3) is 0 Å². The molecule has 27 rings (SSSR count). The van der Waals surface area contributed by atoms with Gasteiger partial charge in [-0.3, -0.25) is 0 Å². The molecule has 24 aromatic rings. The molecular weight excluding hydrogens is 1810 g/mol. The quantitative estimate of drug-likeness (QED) is 0.0902. The summed E-state index contributed by atoms with van der Waals surface area (Å²) < 4.78 is 19.1. The smallest absolute Gasteiger partial charge is 0.123 e. The first kappa shape index (κ1) is 91.6. The second kappa shape index (κ2) is 37.6. The summed E-state index contributed by atoms with van der Waals surface area (Å²) in [5.41, 5.74) is 40.2. The lowest BCUT2D eigenvalue weighted by molar-refractivity contribution is 0.415. The number of ether oxygens (including phenoxy) is 1. The largest absolute Gasteiger partial charge is 0.497 e. The van der Waals surface area contributed by atoms with Crippen LogP contribution in [0.3, 0.4) is 0 Å². The van der Waals surface area contributed by atoms with Gasteiger partial charge in [0, 0.05) is 67.4 Å². The highest BCUT2D eigenvalue weighted by molar-refractivity contribution is 6.17. The summed E-state index contributed by atoms with van der Waals surface area (Å²) in [6, 6.07) is 185. The molecule has 3 aliphatic rings. The molecule has 24 aromatic carbocycles. The molecule has 0 bridgehead atoms. The topological polar surface area (TPSA) is 42.7 Å². The van der Waals surface area contributed by atoms with Crippen LogP contribution in [0.2, 0.25) is 0 Å². The van der Waals surface area contributed by atoms with Gasteiger partial charge in [-0.1, -0.05) is 387 Å².